The molecule has 0 fully saturated rings. The highest BCUT2D eigenvalue weighted by molar-refractivity contribution is 9.10. The van der Waals surface area contributed by atoms with Crippen LogP contribution in [0.15, 0.2) is 40.9 Å². The molecule has 0 radical (unpaired) electrons. The number of halogens is 4. The highest BCUT2D eigenvalue weighted by Crippen LogP contribution is 2.24. The molecule has 0 saturated heterocycles. The van der Waals surface area contributed by atoms with E-state index in [1.54, 1.807) is 12.1 Å². The van der Waals surface area contributed by atoms with Crippen LogP contribution in [-0.4, -0.2) is 0 Å². The SMILES string of the molecule is NNC(Cc1cc(F)cc(F)c1)c1ccc(F)c(Br)c1. The smallest absolute Gasteiger partial charge is 0.137 e. The van der Waals surface area contributed by atoms with Gasteiger partial charge in [0.1, 0.15) is 17.5 Å². The van der Waals surface area contributed by atoms with Crippen molar-refractivity contribution in [1.29, 1.82) is 0 Å². The molecule has 0 amide bonds. The summed E-state index contributed by atoms with van der Waals surface area (Å²) in [6.07, 6.45) is 0.281. The van der Waals surface area contributed by atoms with Gasteiger partial charge in [-0.25, -0.2) is 13.2 Å². The summed E-state index contributed by atoms with van der Waals surface area (Å²) >= 11 is 3.09. The first-order valence-corrected chi connectivity index (χ1v) is 6.65. The highest BCUT2D eigenvalue weighted by Gasteiger charge is 2.13. The molecular weight excluding hydrogens is 333 g/mol. The minimum Gasteiger partial charge on any atom is -0.271 e. The van der Waals surface area contributed by atoms with E-state index in [-0.39, 0.29) is 18.3 Å². The van der Waals surface area contributed by atoms with Gasteiger partial charge in [0, 0.05) is 6.07 Å². The van der Waals surface area contributed by atoms with E-state index in [4.69, 9.17) is 5.84 Å². The summed E-state index contributed by atoms with van der Waals surface area (Å²) in [5.74, 6) is 3.80. The van der Waals surface area contributed by atoms with E-state index in [9.17, 15) is 13.2 Å². The maximum absolute atomic E-state index is 13.2. The summed E-state index contributed by atoms with van der Waals surface area (Å²) in [6.45, 7) is 0. The van der Waals surface area contributed by atoms with Crippen LogP contribution < -0.4 is 11.3 Å². The summed E-state index contributed by atoms with van der Waals surface area (Å²) in [5, 5.41) is 0. The van der Waals surface area contributed by atoms with Gasteiger partial charge in [0.05, 0.1) is 10.5 Å². The molecule has 0 aliphatic heterocycles. The number of benzene rings is 2. The van der Waals surface area contributed by atoms with E-state index in [1.165, 1.54) is 18.2 Å². The van der Waals surface area contributed by atoms with Gasteiger partial charge in [0.25, 0.3) is 0 Å². The summed E-state index contributed by atoms with van der Waals surface area (Å²) in [5.41, 5.74) is 3.74. The summed E-state index contributed by atoms with van der Waals surface area (Å²) < 4.78 is 39.8. The molecule has 20 heavy (non-hydrogen) atoms. The third-order valence-electron chi connectivity index (χ3n) is 2.91. The average molecular weight is 345 g/mol. The van der Waals surface area contributed by atoms with Gasteiger partial charge >= 0.3 is 0 Å². The Bertz CT molecular complexity index is 599. The Morgan fingerprint density at radius 3 is 2.25 bits per heavy atom. The topological polar surface area (TPSA) is 38.0 Å². The van der Waals surface area contributed by atoms with Crippen LogP contribution in [0.4, 0.5) is 13.2 Å². The molecule has 0 spiro atoms. The van der Waals surface area contributed by atoms with Gasteiger partial charge in [-0.15, -0.1) is 0 Å². The lowest BCUT2D eigenvalue weighted by molar-refractivity contribution is 0.538. The highest BCUT2D eigenvalue weighted by atomic mass is 79.9. The predicted octanol–water partition coefficient (Wildman–Crippen LogP) is 3.61. The maximum Gasteiger partial charge on any atom is 0.137 e. The Hall–Kier alpha value is -1.37. The molecule has 106 valence electrons. The fraction of sp³-hybridized carbons (Fsp3) is 0.143. The van der Waals surface area contributed by atoms with E-state index < -0.39 is 11.6 Å². The van der Waals surface area contributed by atoms with Crippen LogP contribution >= 0.6 is 15.9 Å². The van der Waals surface area contributed by atoms with Gasteiger partial charge in [0.15, 0.2) is 0 Å². The lowest BCUT2D eigenvalue weighted by Crippen LogP contribution is -2.29. The van der Waals surface area contributed by atoms with Crippen LogP contribution in [0.3, 0.4) is 0 Å². The van der Waals surface area contributed by atoms with Crippen LogP contribution in [0.5, 0.6) is 0 Å². The fourth-order valence-corrected chi connectivity index (χ4v) is 2.36. The van der Waals surface area contributed by atoms with E-state index in [2.05, 4.69) is 21.4 Å². The van der Waals surface area contributed by atoms with Crippen LogP contribution in [0, 0.1) is 17.5 Å². The summed E-state index contributed by atoms with van der Waals surface area (Å²) in [6, 6.07) is 7.36. The lowest BCUT2D eigenvalue weighted by Gasteiger charge is -2.17. The largest absolute Gasteiger partial charge is 0.271 e. The third kappa shape index (κ3) is 3.59. The zero-order chi connectivity index (χ0) is 14.7. The van der Waals surface area contributed by atoms with Crippen molar-refractivity contribution in [3.05, 3.63) is 69.4 Å². The number of nitrogens with two attached hydrogens (primary N) is 1. The first-order chi connectivity index (χ1) is 9.49. The van der Waals surface area contributed by atoms with Crippen molar-refractivity contribution in [2.75, 3.05) is 0 Å². The van der Waals surface area contributed by atoms with Gasteiger partial charge in [-0.1, -0.05) is 6.07 Å². The second-order valence-electron chi connectivity index (χ2n) is 4.37. The Morgan fingerprint density at radius 1 is 1.05 bits per heavy atom. The molecule has 1 atom stereocenters. The normalized spacial score (nSPS) is 12.4. The zero-order valence-electron chi connectivity index (χ0n) is 10.3. The van der Waals surface area contributed by atoms with Gasteiger partial charge in [-0.2, -0.15) is 0 Å². The molecular formula is C14H12BrF3N2. The van der Waals surface area contributed by atoms with E-state index >= 15 is 0 Å². The number of hydrogen-bond acceptors (Lipinski definition) is 2. The van der Waals surface area contributed by atoms with Crippen molar-refractivity contribution in [3.8, 4) is 0 Å². The quantitative estimate of drug-likeness (QED) is 0.656. The van der Waals surface area contributed by atoms with E-state index in [1.807, 2.05) is 0 Å². The van der Waals surface area contributed by atoms with Gasteiger partial charge in [-0.05, 0) is 57.7 Å². The molecule has 0 heterocycles. The molecule has 3 N–H and O–H groups in total. The molecule has 2 nitrogen and oxygen atoms in total. The average Bonchev–Trinajstić information content (AvgIpc) is 2.38. The summed E-state index contributed by atoms with van der Waals surface area (Å²) in [7, 11) is 0. The van der Waals surface area contributed by atoms with Gasteiger partial charge < -0.3 is 0 Å². The maximum atomic E-state index is 13.2. The Labute approximate surface area is 122 Å². The minimum atomic E-state index is -0.643. The molecule has 0 aliphatic rings. The van der Waals surface area contributed by atoms with E-state index in [0.717, 1.165) is 6.07 Å². The Morgan fingerprint density at radius 2 is 1.70 bits per heavy atom. The molecule has 0 bridgehead atoms. The van der Waals surface area contributed by atoms with E-state index in [0.29, 0.717) is 15.6 Å². The molecule has 1 unspecified atom stereocenters. The number of hydrogen-bond donors (Lipinski definition) is 2. The second kappa shape index (κ2) is 6.39. The predicted molar refractivity (Wildman–Crippen MR) is 74.2 cm³/mol. The summed E-state index contributed by atoms with van der Waals surface area (Å²) in [4.78, 5) is 0. The van der Waals surface area contributed by atoms with Crippen LogP contribution in [0.25, 0.3) is 0 Å². The van der Waals surface area contributed by atoms with Crippen molar-refractivity contribution in [3.63, 3.8) is 0 Å². The molecule has 0 aromatic heterocycles. The third-order valence-corrected chi connectivity index (χ3v) is 3.52. The monoisotopic (exact) mass is 344 g/mol. The van der Waals surface area contributed by atoms with Crippen molar-refractivity contribution in [2.45, 2.75) is 12.5 Å². The van der Waals surface area contributed by atoms with Gasteiger partial charge in [-0.3, -0.25) is 11.3 Å². The first-order valence-electron chi connectivity index (χ1n) is 5.85. The standard InChI is InChI=1S/C14H12BrF3N2/c15-12-6-9(1-2-13(12)18)14(20-19)5-8-3-10(16)7-11(17)4-8/h1-4,6-7,14,20H,5,19H2. The first kappa shape index (κ1) is 15.0. The lowest BCUT2D eigenvalue weighted by atomic mass is 9.99. The minimum absolute atomic E-state index is 0.281. The fourth-order valence-electron chi connectivity index (χ4n) is 1.97. The van der Waals surface area contributed by atoms with Crippen LogP contribution in [0.2, 0.25) is 0 Å². The molecule has 0 saturated carbocycles. The van der Waals surface area contributed by atoms with Crippen LogP contribution in [-0.2, 0) is 6.42 Å². The van der Waals surface area contributed by atoms with Crippen molar-refractivity contribution in [1.82, 2.24) is 5.43 Å². The number of nitrogens with one attached hydrogen (secondary N) is 1. The van der Waals surface area contributed by atoms with Crippen molar-refractivity contribution >= 4 is 15.9 Å². The van der Waals surface area contributed by atoms with Crippen molar-refractivity contribution in [2.24, 2.45) is 5.84 Å². The molecule has 0 aliphatic carbocycles. The molecule has 6 heteroatoms. The number of hydrazine groups is 1. The van der Waals surface area contributed by atoms with Gasteiger partial charge in [0.2, 0.25) is 0 Å². The van der Waals surface area contributed by atoms with Crippen LogP contribution in [0.1, 0.15) is 17.2 Å². The number of rotatable bonds is 4. The Balaban J connectivity index is 2.26. The zero-order valence-corrected chi connectivity index (χ0v) is 11.9. The molecule has 2 rings (SSSR count). The molecule has 2 aromatic carbocycles. The Kier molecular flexibility index (Phi) is 4.80. The molecule has 2 aromatic rings. The second-order valence-corrected chi connectivity index (χ2v) is 5.23. The van der Waals surface area contributed by atoms with Crippen molar-refractivity contribution < 1.29 is 13.2 Å².